The molecule has 18 heavy (non-hydrogen) atoms. The first-order valence-electron chi connectivity index (χ1n) is 5.71. The van der Waals surface area contributed by atoms with Gasteiger partial charge in [-0.3, -0.25) is 4.68 Å². The summed E-state index contributed by atoms with van der Waals surface area (Å²) in [7, 11) is -1.40. The van der Waals surface area contributed by atoms with E-state index in [1.807, 2.05) is 13.8 Å². The van der Waals surface area contributed by atoms with E-state index in [1.165, 1.54) is 4.68 Å². The zero-order chi connectivity index (χ0) is 14.1. The molecule has 0 aliphatic heterocycles. The van der Waals surface area contributed by atoms with Gasteiger partial charge in [-0.05, 0) is 12.3 Å². The van der Waals surface area contributed by atoms with E-state index in [1.54, 1.807) is 7.05 Å². The van der Waals surface area contributed by atoms with Crippen LogP contribution < -0.4 is 0 Å². The maximum absolute atomic E-state index is 11.1. The summed E-state index contributed by atoms with van der Waals surface area (Å²) >= 11 is 6.09. The van der Waals surface area contributed by atoms with Crippen LogP contribution in [0.25, 0.3) is 0 Å². The van der Waals surface area contributed by atoms with E-state index in [0.29, 0.717) is 16.4 Å². The summed E-state index contributed by atoms with van der Waals surface area (Å²) in [5, 5.41) is 14.7. The van der Waals surface area contributed by atoms with Gasteiger partial charge in [-0.15, -0.1) is 0 Å². The SMILES string of the molecule is CC(C)c1nn(C)c(Cl)c1C(O)CCS(C)(=O)=O. The van der Waals surface area contributed by atoms with Gasteiger partial charge in [-0.2, -0.15) is 5.10 Å². The first kappa shape index (κ1) is 15.5. The first-order valence-corrected chi connectivity index (χ1v) is 8.15. The highest BCUT2D eigenvalue weighted by Gasteiger charge is 2.24. The summed E-state index contributed by atoms with van der Waals surface area (Å²) in [6.07, 6.45) is 0.371. The summed E-state index contributed by atoms with van der Waals surface area (Å²) in [6.45, 7) is 3.90. The number of rotatable bonds is 5. The lowest BCUT2D eigenvalue weighted by atomic mass is 10.0. The second-order valence-electron chi connectivity index (χ2n) is 4.80. The lowest BCUT2D eigenvalue weighted by Gasteiger charge is -2.12. The second kappa shape index (κ2) is 5.59. The Morgan fingerprint density at radius 1 is 1.44 bits per heavy atom. The Morgan fingerprint density at radius 2 is 2.00 bits per heavy atom. The number of aliphatic hydroxyl groups excluding tert-OH is 1. The number of aliphatic hydroxyl groups is 1. The highest BCUT2D eigenvalue weighted by Crippen LogP contribution is 2.32. The van der Waals surface area contributed by atoms with Gasteiger partial charge in [0.1, 0.15) is 15.0 Å². The molecule has 1 heterocycles. The number of aryl methyl sites for hydroxylation is 1. The van der Waals surface area contributed by atoms with E-state index in [4.69, 9.17) is 11.6 Å². The number of sulfone groups is 1. The molecule has 1 unspecified atom stereocenters. The van der Waals surface area contributed by atoms with Crippen LogP contribution in [0, 0.1) is 0 Å². The average molecular weight is 295 g/mol. The van der Waals surface area contributed by atoms with Gasteiger partial charge in [-0.25, -0.2) is 8.42 Å². The third-order valence-electron chi connectivity index (χ3n) is 2.68. The largest absolute Gasteiger partial charge is 0.388 e. The lowest BCUT2D eigenvalue weighted by Crippen LogP contribution is -2.10. The molecule has 0 saturated heterocycles. The van der Waals surface area contributed by atoms with Crippen LogP contribution in [0.3, 0.4) is 0 Å². The zero-order valence-electron chi connectivity index (χ0n) is 11.0. The number of hydrogen-bond donors (Lipinski definition) is 1. The van der Waals surface area contributed by atoms with Crippen LogP contribution in [-0.2, 0) is 16.9 Å². The maximum Gasteiger partial charge on any atom is 0.147 e. The van der Waals surface area contributed by atoms with Crippen molar-refractivity contribution in [1.29, 1.82) is 0 Å². The predicted molar refractivity (Wildman–Crippen MR) is 71.6 cm³/mol. The van der Waals surface area contributed by atoms with Gasteiger partial charge >= 0.3 is 0 Å². The van der Waals surface area contributed by atoms with Gasteiger partial charge in [-0.1, -0.05) is 25.4 Å². The van der Waals surface area contributed by atoms with E-state index in [0.717, 1.165) is 6.26 Å². The Bertz CT molecular complexity index is 523. The van der Waals surface area contributed by atoms with Gasteiger partial charge in [0.15, 0.2) is 0 Å². The molecule has 5 nitrogen and oxygen atoms in total. The third-order valence-corrected chi connectivity index (χ3v) is 4.11. The van der Waals surface area contributed by atoms with Gasteiger partial charge in [0.05, 0.1) is 17.6 Å². The van der Waals surface area contributed by atoms with Crippen LogP contribution in [-0.4, -0.2) is 35.3 Å². The molecule has 1 aromatic heterocycles. The van der Waals surface area contributed by atoms with Crippen LogP contribution in [0.2, 0.25) is 5.15 Å². The van der Waals surface area contributed by atoms with Crippen molar-refractivity contribution in [3.8, 4) is 0 Å². The van der Waals surface area contributed by atoms with E-state index < -0.39 is 15.9 Å². The van der Waals surface area contributed by atoms with Gasteiger partial charge in [0.25, 0.3) is 0 Å². The standard InChI is InChI=1S/C11H19ClN2O3S/c1-7(2)10-9(11(12)14(3)13-10)8(15)5-6-18(4,16)17/h7-8,15H,5-6H2,1-4H3. The molecule has 7 heteroatoms. The van der Waals surface area contributed by atoms with Crippen molar-refractivity contribution in [3.63, 3.8) is 0 Å². The number of hydrogen-bond acceptors (Lipinski definition) is 4. The molecule has 0 spiro atoms. The molecular formula is C11H19ClN2O3S. The fourth-order valence-corrected chi connectivity index (χ4v) is 2.66. The molecule has 1 atom stereocenters. The number of nitrogens with zero attached hydrogens (tertiary/aromatic N) is 2. The van der Waals surface area contributed by atoms with Crippen molar-refractivity contribution >= 4 is 21.4 Å². The van der Waals surface area contributed by atoms with Crippen molar-refractivity contribution in [3.05, 3.63) is 16.4 Å². The Labute approximate surface area is 113 Å². The molecule has 0 radical (unpaired) electrons. The Hall–Kier alpha value is -0.590. The number of aromatic nitrogens is 2. The molecule has 1 rings (SSSR count). The Kier molecular flexibility index (Phi) is 4.80. The quantitative estimate of drug-likeness (QED) is 0.896. The second-order valence-corrected chi connectivity index (χ2v) is 7.42. The summed E-state index contributed by atoms with van der Waals surface area (Å²) < 4.78 is 23.7. The highest BCUT2D eigenvalue weighted by atomic mass is 35.5. The average Bonchev–Trinajstić information content (AvgIpc) is 2.51. The topological polar surface area (TPSA) is 72.2 Å². The first-order chi connectivity index (χ1) is 8.13. The monoisotopic (exact) mass is 294 g/mol. The van der Waals surface area contributed by atoms with E-state index in [2.05, 4.69) is 5.10 Å². The minimum Gasteiger partial charge on any atom is -0.388 e. The van der Waals surface area contributed by atoms with Crippen LogP contribution >= 0.6 is 11.6 Å². The smallest absolute Gasteiger partial charge is 0.147 e. The van der Waals surface area contributed by atoms with Crippen molar-refractivity contribution in [2.75, 3.05) is 12.0 Å². The highest BCUT2D eigenvalue weighted by molar-refractivity contribution is 7.90. The summed E-state index contributed by atoms with van der Waals surface area (Å²) in [5.41, 5.74) is 1.25. The zero-order valence-corrected chi connectivity index (χ0v) is 12.6. The van der Waals surface area contributed by atoms with Crippen molar-refractivity contribution in [2.45, 2.75) is 32.3 Å². The molecule has 0 amide bonds. The van der Waals surface area contributed by atoms with Gasteiger partial charge < -0.3 is 5.11 Å². The minimum atomic E-state index is -3.10. The summed E-state index contributed by atoms with van der Waals surface area (Å²) in [6, 6.07) is 0. The fourth-order valence-electron chi connectivity index (χ4n) is 1.74. The molecule has 1 aromatic rings. The van der Waals surface area contributed by atoms with Gasteiger partial charge in [0.2, 0.25) is 0 Å². The predicted octanol–water partition coefficient (Wildman–Crippen LogP) is 1.67. The van der Waals surface area contributed by atoms with Crippen molar-refractivity contribution in [1.82, 2.24) is 9.78 Å². The third kappa shape index (κ3) is 3.70. The van der Waals surface area contributed by atoms with E-state index >= 15 is 0 Å². The van der Waals surface area contributed by atoms with Crippen LogP contribution in [0.5, 0.6) is 0 Å². The van der Waals surface area contributed by atoms with E-state index in [-0.39, 0.29) is 18.1 Å². The maximum atomic E-state index is 11.1. The Balaban J connectivity index is 3.01. The Morgan fingerprint density at radius 3 is 2.44 bits per heavy atom. The van der Waals surface area contributed by atoms with Crippen LogP contribution in [0.4, 0.5) is 0 Å². The lowest BCUT2D eigenvalue weighted by molar-refractivity contribution is 0.173. The molecule has 0 aromatic carbocycles. The van der Waals surface area contributed by atoms with E-state index in [9.17, 15) is 13.5 Å². The molecular weight excluding hydrogens is 276 g/mol. The number of halogens is 1. The summed E-state index contributed by atoms with van der Waals surface area (Å²) in [4.78, 5) is 0. The normalized spacial score (nSPS) is 14.2. The molecule has 0 fully saturated rings. The molecule has 0 aliphatic rings. The molecule has 104 valence electrons. The molecule has 1 N–H and O–H groups in total. The molecule has 0 saturated carbocycles. The van der Waals surface area contributed by atoms with Crippen molar-refractivity contribution < 1.29 is 13.5 Å². The van der Waals surface area contributed by atoms with Crippen LogP contribution in [0.15, 0.2) is 0 Å². The molecule has 0 aliphatic carbocycles. The summed E-state index contributed by atoms with van der Waals surface area (Å²) in [5.74, 6) is 0.0447. The molecule has 0 bridgehead atoms. The van der Waals surface area contributed by atoms with Crippen molar-refractivity contribution in [2.24, 2.45) is 7.05 Å². The minimum absolute atomic E-state index is 0.0725. The fraction of sp³-hybridized carbons (Fsp3) is 0.727. The van der Waals surface area contributed by atoms with Crippen LogP contribution in [0.1, 0.15) is 43.5 Å². The van der Waals surface area contributed by atoms with Gasteiger partial charge in [0, 0.05) is 18.9 Å².